The van der Waals surface area contributed by atoms with Gasteiger partial charge in [-0.15, -0.1) is 0 Å². The highest BCUT2D eigenvalue weighted by Gasteiger charge is 2.28. The lowest BCUT2D eigenvalue weighted by molar-refractivity contribution is -0.143. The Bertz CT molecular complexity index is 264. The summed E-state index contributed by atoms with van der Waals surface area (Å²) in [6.07, 6.45) is 3.38. The lowest BCUT2D eigenvalue weighted by atomic mass is 10.3. The molecule has 5 nitrogen and oxygen atoms in total. The summed E-state index contributed by atoms with van der Waals surface area (Å²) < 4.78 is 4.81. The van der Waals surface area contributed by atoms with Crippen LogP contribution in [0.4, 0.5) is 0 Å². The minimum absolute atomic E-state index is 0.128. The first-order chi connectivity index (χ1) is 8.15. The van der Waals surface area contributed by atoms with Crippen molar-refractivity contribution >= 4 is 11.9 Å². The average Bonchev–Trinajstić information content (AvgIpc) is 3.11. The summed E-state index contributed by atoms with van der Waals surface area (Å²) in [5.41, 5.74) is 0. The maximum Gasteiger partial charge on any atom is 0.305 e. The van der Waals surface area contributed by atoms with Gasteiger partial charge < -0.3 is 15.0 Å². The van der Waals surface area contributed by atoms with Crippen molar-refractivity contribution in [1.82, 2.24) is 10.2 Å². The third-order valence-electron chi connectivity index (χ3n) is 2.80. The van der Waals surface area contributed by atoms with Gasteiger partial charge in [-0.1, -0.05) is 0 Å². The molecule has 0 radical (unpaired) electrons. The van der Waals surface area contributed by atoms with E-state index in [-0.39, 0.29) is 11.9 Å². The van der Waals surface area contributed by atoms with Gasteiger partial charge in [-0.2, -0.15) is 0 Å². The van der Waals surface area contributed by atoms with Gasteiger partial charge in [0.1, 0.15) is 0 Å². The van der Waals surface area contributed by atoms with Gasteiger partial charge in [0.15, 0.2) is 0 Å². The Labute approximate surface area is 102 Å². The zero-order valence-corrected chi connectivity index (χ0v) is 10.7. The van der Waals surface area contributed by atoms with Crippen LogP contribution in [0, 0.1) is 0 Å². The predicted molar refractivity (Wildman–Crippen MR) is 64.5 cm³/mol. The van der Waals surface area contributed by atoms with E-state index in [0.29, 0.717) is 38.6 Å². The van der Waals surface area contributed by atoms with Crippen molar-refractivity contribution in [2.45, 2.75) is 38.6 Å². The zero-order valence-electron chi connectivity index (χ0n) is 10.7. The summed E-state index contributed by atoms with van der Waals surface area (Å²) in [5.74, 6) is -0.0423. The zero-order chi connectivity index (χ0) is 12.7. The molecule has 0 heterocycles. The summed E-state index contributed by atoms with van der Waals surface area (Å²) in [7, 11) is 1.85. The Balaban J connectivity index is 1.96. The summed E-state index contributed by atoms with van der Waals surface area (Å²) in [4.78, 5) is 24.4. The van der Waals surface area contributed by atoms with Crippen molar-refractivity contribution in [2.75, 3.05) is 26.7 Å². The average molecular weight is 242 g/mol. The van der Waals surface area contributed by atoms with Gasteiger partial charge in [0, 0.05) is 19.5 Å². The summed E-state index contributed by atoms with van der Waals surface area (Å²) in [6, 6.07) is 0.462. The van der Waals surface area contributed by atoms with Crippen LogP contribution in [0.25, 0.3) is 0 Å². The van der Waals surface area contributed by atoms with E-state index in [2.05, 4.69) is 5.32 Å². The van der Waals surface area contributed by atoms with Crippen molar-refractivity contribution in [3.63, 3.8) is 0 Å². The number of hydrogen-bond acceptors (Lipinski definition) is 4. The molecule has 0 aromatic rings. The van der Waals surface area contributed by atoms with Crippen LogP contribution < -0.4 is 5.32 Å². The van der Waals surface area contributed by atoms with Gasteiger partial charge in [0.25, 0.3) is 0 Å². The molecular formula is C12H22N2O3. The lowest BCUT2D eigenvalue weighted by Gasteiger charge is -2.16. The molecule has 1 fully saturated rings. The first-order valence-corrected chi connectivity index (χ1v) is 6.27. The Morgan fingerprint density at radius 3 is 2.71 bits per heavy atom. The number of hydrogen-bond donors (Lipinski definition) is 1. The summed E-state index contributed by atoms with van der Waals surface area (Å²) >= 11 is 0. The molecule has 0 aromatic heterocycles. The van der Waals surface area contributed by atoms with Crippen LogP contribution in [-0.4, -0.2) is 49.6 Å². The van der Waals surface area contributed by atoms with Crippen molar-refractivity contribution in [2.24, 2.45) is 0 Å². The van der Waals surface area contributed by atoms with Crippen LogP contribution >= 0.6 is 0 Å². The van der Waals surface area contributed by atoms with E-state index in [1.165, 1.54) is 0 Å². The molecule has 1 N–H and O–H groups in total. The van der Waals surface area contributed by atoms with Crippen molar-refractivity contribution < 1.29 is 14.3 Å². The minimum atomic E-state index is -0.171. The predicted octanol–water partition coefficient (Wildman–Crippen LogP) is 0.540. The third kappa shape index (κ3) is 5.68. The van der Waals surface area contributed by atoms with E-state index in [1.54, 1.807) is 11.8 Å². The van der Waals surface area contributed by atoms with Gasteiger partial charge in [-0.05, 0) is 32.7 Å². The maximum atomic E-state index is 11.6. The van der Waals surface area contributed by atoms with E-state index < -0.39 is 0 Å². The van der Waals surface area contributed by atoms with Crippen LogP contribution in [0.5, 0.6) is 0 Å². The van der Waals surface area contributed by atoms with E-state index in [4.69, 9.17) is 4.74 Å². The molecule has 1 aliphatic rings. The fourth-order valence-electron chi connectivity index (χ4n) is 1.58. The van der Waals surface area contributed by atoms with Crippen LogP contribution in [-0.2, 0) is 14.3 Å². The third-order valence-corrected chi connectivity index (χ3v) is 2.80. The summed E-state index contributed by atoms with van der Waals surface area (Å²) in [6.45, 7) is 3.25. The molecule has 5 heteroatoms. The van der Waals surface area contributed by atoms with Gasteiger partial charge >= 0.3 is 5.97 Å². The molecule has 0 spiro atoms. The van der Waals surface area contributed by atoms with Crippen molar-refractivity contribution in [3.05, 3.63) is 0 Å². The molecule has 0 unspecified atom stereocenters. The molecule has 1 aliphatic carbocycles. The number of nitrogens with zero attached hydrogens (tertiary/aromatic N) is 1. The number of esters is 1. The van der Waals surface area contributed by atoms with Crippen LogP contribution in [0.3, 0.4) is 0 Å². The normalized spacial score (nSPS) is 14.5. The van der Waals surface area contributed by atoms with Gasteiger partial charge in [-0.3, -0.25) is 9.59 Å². The fourth-order valence-corrected chi connectivity index (χ4v) is 1.58. The van der Waals surface area contributed by atoms with Crippen LogP contribution in [0.2, 0.25) is 0 Å². The standard InChI is InChI=1S/C12H22N2O3/c1-3-17-12(16)5-4-8-13-9-11(15)14(2)10-6-7-10/h10,13H,3-9H2,1-2H3. The van der Waals surface area contributed by atoms with Gasteiger partial charge in [0.2, 0.25) is 5.91 Å². The van der Waals surface area contributed by atoms with E-state index in [9.17, 15) is 9.59 Å². The fraction of sp³-hybridized carbons (Fsp3) is 0.833. The monoisotopic (exact) mass is 242 g/mol. The van der Waals surface area contributed by atoms with Gasteiger partial charge in [0.05, 0.1) is 13.2 Å². The van der Waals surface area contributed by atoms with Crippen LogP contribution in [0.1, 0.15) is 32.6 Å². The number of nitrogens with one attached hydrogen (secondary N) is 1. The molecule has 0 aromatic carbocycles. The number of likely N-dealkylation sites (N-methyl/N-ethyl adjacent to an activating group) is 1. The molecule has 0 aliphatic heterocycles. The van der Waals surface area contributed by atoms with E-state index in [0.717, 1.165) is 12.8 Å². The highest BCUT2D eigenvalue weighted by molar-refractivity contribution is 5.78. The molecule has 0 saturated heterocycles. The second-order valence-electron chi connectivity index (χ2n) is 4.32. The van der Waals surface area contributed by atoms with E-state index >= 15 is 0 Å². The molecule has 0 atom stereocenters. The molecule has 98 valence electrons. The first kappa shape index (κ1) is 14.0. The topological polar surface area (TPSA) is 58.6 Å². The highest BCUT2D eigenvalue weighted by atomic mass is 16.5. The first-order valence-electron chi connectivity index (χ1n) is 6.27. The summed E-state index contributed by atoms with van der Waals surface area (Å²) in [5, 5.41) is 3.05. The molecule has 0 bridgehead atoms. The number of rotatable bonds is 8. The molecule has 17 heavy (non-hydrogen) atoms. The Morgan fingerprint density at radius 2 is 2.12 bits per heavy atom. The SMILES string of the molecule is CCOC(=O)CCCNCC(=O)N(C)C1CC1. The quantitative estimate of drug-likeness (QED) is 0.498. The van der Waals surface area contributed by atoms with Gasteiger partial charge in [-0.25, -0.2) is 0 Å². The van der Waals surface area contributed by atoms with Crippen LogP contribution in [0.15, 0.2) is 0 Å². The number of carbonyl (C=O) groups is 2. The van der Waals surface area contributed by atoms with Crippen molar-refractivity contribution in [3.8, 4) is 0 Å². The highest BCUT2D eigenvalue weighted by Crippen LogP contribution is 2.24. The number of amides is 1. The molecule has 1 rings (SSSR count). The maximum absolute atomic E-state index is 11.6. The lowest BCUT2D eigenvalue weighted by Crippen LogP contribution is -2.37. The second kappa shape index (κ2) is 7.27. The Hall–Kier alpha value is -1.10. The number of carbonyl (C=O) groups excluding carboxylic acids is 2. The molecule has 1 amide bonds. The van der Waals surface area contributed by atoms with E-state index in [1.807, 2.05) is 7.05 Å². The minimum Gasteiger partial charge on any atom is -0.466 e. The Kier molecular flexibility index (Phi) is 5.97. The Morgan fingerprint density at radius 1 is 1.41 bits per heavy atom. The molecular weight excluding hydrogens is 220 g/mol. The molecule has 1 saturated carbocycles. The number of ether oxygens (including phenoxy) is 1. The second-order valence-corrected chi connectivity index (χ2v) is 4.32. The smallest absolute Gasteiger partial charge is 0.305 e. The largest absolute Gasteiger partial charge is 0.466 e. The van der Waals surface area contributed by atoms with Crippen molar-refractivity contribution in [1.29, 1.82) is 0 Å².